The van der Waals surface area contributed by atoms with Crippen molar-refractivity contribution in [3.8, 4) is 0 Å². The highest BCUT2D eigenvalue weighted by Crippen LogP contribution is 2.24. The van der Waals surface area contributed by atoms with Crippen LogP contribution < -0.4 is 0 Å². The van der Waals surface area contributed by atoms with E-state index in [4.69, 9.17) is 0 Å². The van der Waals surface area contributed by atoms with Gasteiger partial charge in [-0.3, -0.25) is 4.89 Å². The number of carbonyl (C=O) groups excluding carboxylic acids is 1. The third-order valence-electron chi connectivity index (χ3n) is 1.96. The Balaban J connectivity index is 2.41. The zero-order valence-electron chi connectivity index (χ0n) is 9.38. The van der Waals surface area contributed by atoms with Crippen LogP contribution in [-0.2, 0) is 30.6 Å². The molecule has 0 heterocycles. The molecule has 0 aliphatic heterocycles. The molecule has 1 aromatic rings. The molecule has 0 radical (unpaired) electrons. The number of alkyl halides is 3. The van der Waals surface area contributed by atoms with Crippen LogP contribution >= 0.6 is 0 Å². The minimum absolute atomic E-state index is 0.190. The lowest BCUT2D eigenvalue weighted by Crippen LogP contribution is -2.26. The van der Waals surface area contributed by atoms with Gasteiger partial charge in [-0.05, 0) is 16.3 Å². The molecule has 0 unspecified atom stereocenters. The second kappa shape index (κ2) is 6.02. The molecule has 0 N–H and O–H groups in total. The average Bonchev–Trinajstić information content (AvgIpc) is 2.34. The van der Waals surface area contributed by atoms with E-state index in [1.54, 1.807) is 30.3 Å². The first kappa shape index (κ1) is 15.4. The minimum atomic E-state index is -5.92. The zero-order chi connectivity index (χ0) is 14.5. The second-order valence-corrected chi connectivity index (χ2v) is 4.92. The van der Waals surface area contributed by atoms with E-state index in [-0.39, 0.29) is 12.8 Å². The first-order chi connectivity index (χ1) is 8.72. The molecule has 5 nitrogen and oxygen atoms in total. The van der Waals surface area contributed by atoms with Crippen molar-refractivity contribution in [3.05, 3.63) is 35.9 Å². The van der Waals surface area contributed by atoms with E-state index in [0.29, 0.717) is 0 Å². The molecule has 1 rings (SSSR count). The highest BCUT2D eigenvalue weighted by molar-refractivity contribution is 7.87. The van der Waals surface area contributed by atoms with Gasteiger partial charge in [0.25, 0.3) is 0 Å². The summed E-state index contributed by atoms with van der Waals surface area (Å²) < 4.78 is 59.4. The predicted octanol–water partition coefficient (Wildman–Crippen LogP) is 1.94. The lowest BCUT2D eigenvalue weighted by molar-refractivity contribution is -0.217. The van der Waals surface area contributed by atoms with Gasteiger partial charge in [0.2, 0.25) is 0 Å². The lowest BCUT2D eigenvalue weighted by atomic mass is 10.1. The highest BCUT2D eigenvalue weighted by Gasteiger charge is 2.49. The Hall–Kier alpha value is -1.61. The van der Waals surface area contributed by atoms with Crippen LogP contribution in [0.1, 0.15) is 12.0 Å². The average molecular weight is 298 g/mol. The standard InChI is InChI=1S/C10H9F3O5S/c11-10(12,13)19(15,16)18-17-9(14)7-6-8-4-2-1-3-5-8/h1-5H,6-7H2. The van der Waals surface area contributed by atoms with Crippen LogP contribution in [0.5, 0.6) is 0 Å². The summed E-state index contributed by atoms with van der Waals surface area (Å²) in [6, 6.07) is 8.57. The van der Waals surface area contributed by atoms with Gasteiger partial charge in [-0.15, -0.1) is 0 Å². The van der Waals surface area contributed by atoms with Crippen LogP contribution in [0.2, 0.25) is 0 Å². The van der Waals surface area contributed by atoms with Crippen LogP contribution in [0.15, 0.2) is 30.3 Å². The number of hydrogen-bond acceptors (Lipinski definition) is 5. The molecule has 9 heteroatoms. The van der Waals surface area contributed by atoms with Crippen LogP contribution in [-0.4, -0.2) is 19.9 Å². The number of benzene rings is 1. The van der Waals surface area contributed by atoms with Gasteiger partial charge in [-0.2, -0.15) is 21.6 Å². The van der Waals surface area contributed by atoms with E-state index in [1.165, 1.54) is 0 Å². The summed E-state index contributed by atoms with van der Waals surface area (Å²) in [7, 11) is -5.92. The quantitative estimate of drug-likeness (QED) is 0.472. The van der Waals surface area contributed by atoms with Gasteiger partial charge in [0.15, 0.2) is 0 Å². The molecule has 0 fully saturated rings. The molecule has 0 saturated carbocycles. The first-order valence-corrected chi connectivity index (χ1v) is 6.37. The van der Waals surface area contributed by atoms with Crippen molar-refractivity contribution < 1.29 is 35.6 Å². The molecule has 0 bridgehead atoms. The monoisotopic (exact) mass is 298 g/mol. The summed E-state index contributed by atoms with van der Waals surface area (Å²) in [6.07, 6.45) is -0.119. The van der Waals surface area contributed by atoms with E-state index >= 15 is 0 Å². The van der Waals surface area contributed by atoms with Crippen molar-refractivity contribution in [1.82, 2.24) is 0 Å². The zero-order valence-corrected chi connectivity index (χ0v) is 10.2. The van der Waals surface area contributed by atoms with Crippen molar-refractivity contribution in [2.75, 3.05) is 0 Å². The van der Waals surface area contributed by atoms with Crippen LogP contribution in [0.4, 0.5) is 13.2 Å². The van der Waals surface area contributed by atoms with Crippen LogP contribution in [0.25, 0.3) is 0 Å². The Morgan fingerprint density at radius 1 is 1.16 bits per heavy atom. The summed E-state index contributed by atoms with van der Waals surface area (Å²) in [4.78, 5) is 14.6. The Morgan fingerprint density at radius 3 is 2.26 bits per heavy atom. The molecule has 1 aromatic carbocycles. The van der Waals surface area contributed by atoms with Crippen LogP contribution in [0, 0.1) is 0 Å². The number of aryl methyl sites for hydroxylation is 1. The normalized spacial score (nSPS) is 12.2. The van der Waals surface area contributed by atoms with Gasteiger partial charge >= 0.3 is 21.6 Å². The maximum atomic E-state index is 11.8. The first-order valence-electron chi connectivity index (χ1n) is 4.96. The predicted molar refractivity (Wildman–Crippen MR) is 56.9 cm³/mol. The molecule has 0 atom stereocenters. The van der Waals surface area contributed by atoms with E-state index < -0.39 is 21.6 Å². The van der Waals surface area contributed by atoms with Crippen molar-refractivity contribution >= 4 is 16.1 Å². The molecule has 0 aliphatic carbocycles. The molecular formula is C10H9F3O5S. The van der Waals surface area contributed by atoms with Gasteiger partial charge in [-0.25, -0.2) is 4.79 Å². The largest absolute Gasteiger partial charge is 0.526 e. The second-order valence-electron chi connectivity index (χ2n) is 3.41. The van der Waals surface area contributed by atoms with Gasteiger partial charge in [0.05, 0.1) is 6.42 Å². The molecule has 19 heavy (non-hydrogen) atoms. The summed E-state index contributed by atoms with van der Waals surface area (Å²) >= 11 is 0. The molecule has 0 amide bonds. The Bertz CT molecular complexity index is 524. The van der Waals surface area contributed by atoms with E-state index in [0.717, 1.165) is 5.56 Å². The maximum absolute atomic E-state index is 11.8. The maximum Gasteiger partial charge on any atom is 0.526 e. The SMILES string of the molecule is O=C(CCc1ccccc1)OOS(=O)(=O)C(F)(F)F. The van der Waals surface area contributed by atoms with Gasteiger partial charge in [0, 0.05) is 0 Å². The summed E-state index contributed by atoms with van der Waals surface area (Å²) in [5.74, 6) is -1.21. The topological polar surface area (TPSA) is 69.7 Å². The fourth-order valence-corrected chi connectivity index (χ4v) is 1.30. The third-order valence-corrected chi connectivity index (χ3v) is 2.77. The molecule has 0 saturated heterocycles. The molecular weight excluding hydrogens is 289 g/mol. The minimum Gasteiger partial charge on any atom is -0.281 e. The number of halogens is 3. The number of rotatable bonds is 5. The summed E-state index contributed by atoms with van der Waals surface area (Å²) in [5.41, 5.74) is -4.88. The van der Waals surface area contributed by atoms with Crippen molar-refractivity contribution in [3.63, 3.8) is 0 Å². The Labute approximate surface area is 107 Å². The molecule has 106 valence electrons. The van der Waals surface area contributed by atoms with Crippen molar-refractivity contribution in [2.24, 2.45) is 0 Å². The fourth-order valence-electron chi connectivity index (χ4n) is 1.05. The van der Waals surface area contributed by atoms with Crippen LogP contribution in [0.3, 0.4) is 0 Å². The fraction of sp³-hybridized carbons (Fsp3) is 0.300. The number of carbonyl (C=O) groups is 1. The van der Waals surface area contributed by atoms with Gasteiger partial charge in [-0.1, -0.05) is 30.3 Å². The van der Waals surface area contributed by atoms with Crippen molar-refractivity contribution in [2.45, 2.75) is 18.3 Å². The molecule has 0 aliphatic rings. The van der Waals surface area contributed by atoms with E-state index in [2.05, 4.69) is 9.22 Å². The Morgan fingerprint density at radius 2 is 1.74 bits per heavy atom. The van der Waals surface area contributed by atoms with Gasteiger partial charge < -0.3 is 0 Å². The lowest BCUT2D eigenvalue weighted by Gasteiger charge is -2.06. The molecule has 0 spiro atoms. The van der Waals surface area contributed by atoms with E-state index in [1.807, 2.05) is 0 Å². The number of hydrogen-bond donors (Lipinski definition) is 0. The summed E-state index contributed by atoms with van der Waals surface area (Å²) in [5, 5.41) is 0. The molecule has 0 aromatic heterocycles. The van der Waals surface area contributed by atoms with E-state index in [9.17, 15) is 26.4 Å². The summed E-state index contributed by atoms with van der Waals surface area (Å²) in [6.45, 7) is 0. The smallest absolute Gasteiger partial charge is 0.281 e. The third kappa shape index (κ3) is 4.87. The van der Waals surface area contributed by atoms with Gasteiger partial charge in [0.1, 0.15) is 0 Å². The van der Waals surface area contributed by atoms with Crippen molar-refractivity contribution in [1.29, 1.82) is 0 Å². The Kier molecular flexibility index (Phi) is 4.90. The highest BCUT2D eigenvalue weighted by atomic mass is 32.2.